The highest BCUT2D eigenvalue weighted by Crippen LogP contribution is 2.25. The summed E-state index contributed by atoms with van der Waals surface area (Å²) in [6.45, 7) is 0.354. The molecule has 106 valence electrons. The van der Waals surface area contributed by atoms with Gasteiger partial charge >= 0.3 is 6.03 Å². The fraction of sp³-hybridized carbons (Fsp3) is 0.167. The zero-order chi connectivity index (χ0) is 14.5. The zero-order valence-electron chi connectivity index (χ0n) is 10.3. The van der Waals surface area contributed by atoms with E-state index in [2.05, 4.69) is 15.7 Å². The van der Waals surface area contributed by atoms with E-state index < -0.39 is 6.03 Å². The maximum atomic E-state index is 11.8. The molecular formula is C12H12Cl2N4O2. The Morgan fingerprint density at radius 3 is 2.70 bits per heavy atom. The summed E-state index contributed by atoms with van der Waals surface area (Å²) < 4.78 is 1.52. The summed E-state index contributed by atoms with van der Waals surface area (Å²) in [4.78, 5) is 11.8. The normalized spacial score (nSPS) is 10.3. The molecule has 0 saturated carbocycles. The molecule has 2 aromatic rings. The summed E-state index contributed by atoms with van der Waals surface area (Å²) >= 11 is 11.6. The molecular weight excluding hydrogens is 303 g/mol. The van der Waals surface area contributed by atoms with Crippen LogP contribution in [-0.2, 0) is 6.54 Å². The molecule has 3 N–H and O–H groups in total. The summed E-state index contributed by atoms with van der Waals surface area (Å²) in [6, 6.07) is 4.37. The van der Waals surface area contributed by atoms with Crippen LogP contribution in [0, 0.1) is 0 Å². The van der Waals surface area contributed by atoms with Crippen molar-refractivity contribution in [3.8, 4) is 0 Å². The molecule has 0 bridgehead atoms. The Morgan fingerprint density at radius 1 is 1.25 bits per heavy atom. The van der Waals surface area contributed by atoms with Crippen LogP contribution >= 0.6 is 23.2 Å². The number of hydrogen-bond acceptors (Lipinski definition) is 3. The highest BCUT2D eigenvalue weighted by molar-refractivity contribution is 6.42. The van der Waals surface area contributed by atoms with E-state index in [1.54, 1.807) is 24.4 Å². The van der Waals surface area contributed by atoms with Gasteiger partial charge in [0.05, 0.1) is 35.1 Å². The Bertz CT molecular complexity index is 615. The number of carbonyl (C=O) groups excluding carboxylic acids is 1. The maximum absolute atomic E-state index is 11.8. The maximum Gasteiger partial charge on any atom is 0.323 e. The number of nitrogens with one attached hydrogen (secondary N) is 2. The molecule has 2 amide bonds. The predicted molar refractivity (Wildman–Crippen MR) is 78.4 cm³/mol. The molecule has 0 aliphatic heterocycles. The van der Waals surface area contributed by atoms with Crippen LogP contribution in [-0.4, -0.2) is 27.5 Å². The van der Waals surface area contributed by atoms with Crippen LogP contribution in [0.15, 0.2) is 30.6 Å². The lowest BCUT2D eigenvalue weighted by molar-refractivity contribution is 0.262. The van der Waals surface area contributed by atoms with Crippen molar-refractivity contribution in [1.29, 1.82) is 0 Å². The van der Waals surface area contributed by atoms with Crippen molar-refractivity contribution in [3.63, 3.8) is 0 Å². The second-order valence-corrected chi connectivity index (χ2v) is 4.74. The Labute approximate surface area is 125 Å². The molecule has 1 aromatic heterocycles. The van der Waals surface area contributed by atoms with Gasteiger partial charge in [-0.15, -0.1) is 0 Å². The highest BCUT2D eigenvalue weighted by Gasteiger charge is 2.06. The molecule has 0 radical (unpaired) electrons. The lowest BCUT2D eigenvalue weighted by Gasteiger charge is -2.06. The van der Waals surface area contributed by atoms with E-state index in [1.807, 2.05) is 0 Å². The third kappa shape index (κ3) is 3.86. The molecule has 0 spiro atoms. The molecule has 6 nitrogen and oxygen atoms in total. The average molecular weight is 315 g/mol. The van der Waals surface area contributed by atoms with Crippen molar-refractivity contribution in [2.45, 2.75) is 6.54 Å². The minimum absolute atomic E-state index is 0.0173. The summed E-state index contributed by atoms with van der Waals surface area (Å²) in [6.07, 6.45) is 3.11. The van der Waals surface area contributed by atoms with Crippen LogP contribution in [0.4, 0.5) is 16.2 Å². The minimum Gasteiger partial charge on any atom is -0.394 e. The number of nitrogens with zero attached hydrogens (tertiary/aromatic N) is 2. The first-order valence-corrected chi connectivity index (χ1v) is 6.50. The zero-order valence-corrected chi connectivity index (χ0v) is 11.8. The van der Waals surface area contributed by atoms with Crippen LogP contribution < -0.4 is 10.6 Å². The SMILES string of the molecule is O=C(Nc1ccc(Cl)c(Cl)c1)Nc1cnn(CCO)c1. The smallest absolute Gasteiger partial charge is 0.323 e. The van der Waals surface area contributed by atoms with Crippen molar-refractivity contribution in [3.05, 3.63) is 40.6 Å². The van der Waals surface area contributed by atoms with Crippen molar-refractivity contribution in [2.24, 2.45) is 0 Å². The van der Waals surface area contributed by atoms with E-state index in [-0.39, 0.29) is 6.61 Å². The van der Waals surface area contributed by atoms with Gasteiger partial charge in [0.15, 0.2) is 0 Å². The standard InChI is InChI=1S/C12H12Cl2N4O2/c13-10-2-1-8(5-11(10)14)16-12(20)17-9-6-15-18(7-9)3-4-19/h1-2,5-7,19H,3-4H2,(H2,16,17,20). The Balaban J connectivity index is 1.95. The summed E-state index contributed by atoms with van der Waals surface area (Å²) in [5.74, 6) is 0. The average Bonchev–Trinajstić information content (AvgIpc) is 2.81. The van der Waals surface area contributed by atoms with E-state index in [9.17, 15) is 4.79 Å². The third-order valence-corrected chi connectivity index (χ3v) is 3.14. The van der Waals surface area contributed by atoms with E-state index in [0.29, 0.717) is 28.0 Å². The summed E-state index contributed by atoms with van der Waals surface area (Å²) in [5.41, 5.74) is 1.05. The molecule has 0 aliphatic rings. The number of benzene rings is 1. The van der Waals surface area contributed by atoms with Crippen molar-refractivity contribution in [2.75, 3.05) is 17.2 Å². The summed E-state index contributed by atoms with van der Waals surface area (Å²) in [5, 5.41) is 18.8. The summed E-state index contributed by atoms with van der Waals surface area (Å²) in [7, 11) is 0. The molecule has 0 fully saturated rings. The van der Waals surface area contributed by atoms with Gasteiger partial charge in [-0.05, 0) is 18.2 Å². The second-order valence-electron chi connectivity index (χ2n) is 3.92. The lowest BCUT2D eigenvalue weighted by atomic mass is 10.3. The van der Waals surface area contributed by atoms with Crippen LogP contribution in [0.25, 0.3) is 0 Å². The van der Waals surface area contributed by atoms with Crippen LogP contribution in [0.1, 0.15) is 0 Å². The molecule has 0 saturated heterocycles. The third-order valence-electron chi connectivity index (χ3n) is 2.40. The number of halogens is 2. The fourth-order valence-electron chi connectivity index (χ4n) is 1.52. The van der Waals surface area contributed by atoms with Gasteiger partial charge in [-0.25, -0.2) is 4.79 Å². The first kappa shape index (κ1) is 14.6. The van der Waals surface area contributed by atoms with Crippen molar-refractivity contribution >= 4 is 40.6 Å². The van der Waals surface area contributed by atoms with Crippen LogP contribution in [0.3, 0.4) is 0 Å². The number of aliphatic hydroxyl groups excluding tert-OH is 1. The number of urea groups is 1. The Hall–Kier alpha value is -1.76. The predicted octanol–water partition coefficient (Wildman–Crippen LogP) is 2.83. The van der Waals surface area contributed by atoms with Gasteiger partial charge < -0.3 is 15.7 Å². The first-order valence-electron chi connectivity index (χ1n) is 5.75. The Kier molecular flexibility index (Phi) is 4.84. The van der Waals surface area contributed by atoms with Gasteiger partial charge in [-0.2, -0.15) is 5.10 Å². The number of anilines is 2. The number of aromatic nitrogens is 2. The van der Waals surface area contributed by atoms with Gasteiger partial charge in [-0.1, -0.05) is 23.2 Å². The van der Waals surface area contributed by atoms with Crippen molar-refractivity contribution in [1.82, 2.24) is 9.78 Å². The van der Waals surface area contributed by atoms with Crippen molar-refractivity contribution < 1.29 is 9.90 Å². The van der Waals surface area contributed by atoms with Gasteiger partial charge in [-0.3, -0.25) is 4.68 Å². The second kappa shape index (κ2) is 6.60. The molecule has 20 heavy (non-hydrogen) atoms. The van der Waals surface area contributed by atoms with Gasteiger partial charge in [0, 0.05) is 11.9 Å². The molecule has 8 heteroatoms. The van der Waals surface area contributed by atoms with Crippen LogP contribution in [0.5, 0.6) is 0 Å². The van der Waals surface area contributed by atoms with E-state index in [0.717, 1.165) is 0 Å². The van der Waals surface area contributed by atoms with Gasteiger partial charge in [0.25, 0.3) is 0 Å². The number of carbonyl (C=O) groups is 1. The largest absolute Gasteiger partial charge is 0.394 e. The number of rotatable bonds is 4. The molecule has 0 aliphatic carbocycles. The lowest BCUT2D eigenvalue weighted by Crippen LogP contribution is -2.19. The van der Waals surface area contributed by atoms with Crippen LogP contribution in [0.2, 0.25) is 10.0 Å². The molecule has 1 aromatic carbocycles. The van der Waals surface area contributed by atoms with Gasteiger partial charge in [0.1, 0.15) is 0 Å². The van der Waals surface area contributed by atoms with E-state index >= 15 is 0 Å². The van der Waals surface area contributed by atoms with E-state index in [4.69, 9.17) is 28.3 Å². The first-order chi connectivity index (χ1) is 9.58. The van der Waals surface area contributed by atoms with Gasteiger partial charge in [0.2, 0.25) is 0 Å². The number of amides is 2. The number of aliphatic hydroxyl groups is 1. The monoisotopic (exact) mass is 314 g/mol. The molecule has 2 rings (SSSR count). The molecule has 0 atom stereocenters. The topological polar surface area (TPSA) is 79.2 Å². The minimum atomic E-state index is -0.424. The fourth-order valence-corrected chi connectivity index (χ4v) is 1.82. The molecule has 0 unspecified atom stereocenters. The Morgan fingerprint density at radius 2 is 2.00 bits per heavy atom. The number of hydrogen-bond donors (Lipinski definition) is 3. The highest BCUT2D eigenvalue weighted by atomic mass is 35.5. The molecule has 1 heterocycles. The quantitative estimate of drug-likeness (QED) is 0.812. The van der Waals surface area contributed by atoms with E-state index in [1.165, 1.54) is 10.9 Å².